The number of aromatic carboxylic acids is 1. The first-order valence-corrected chi connectivity index (χ1v) is 6.58. The van der Waals surface area contributed by atoms with Gasteiger partial charge in [0, 0.05) is 19.3 Å². The quantitative estimate of drug-likeness (QED) is 0.762. The Morgan fingerprint density at radius 2 is 2.10 bits per heavy atom. The van der Waals surface area contributed by atoms with Crippen molar-refractivity contribution in [1.82, 2.24) is 15.6 Å². The minimum atomic E-state index is -1.06. The van der Waals surface area contributed by atoms with Crippen LogP contribution in [0.4, 0.5) is 4.79 Å². The monoisotopic (exact) mass is 277 g/mol. The second-order valence-electron chi connectivity index (χ2n) is 5.81. The Hall–Kier alpha value is -2.11. The lowest BCUT2D eigenvalue weighted by molar-refractivity contribution is 0.0690. The molecule has 1 unspecified atom stereocenters. The average Bonchev–Trinajstić information content (AvgIpc) is 3.02. The van der Waals surface area contributed by atoms with Crippen molar-refractivity contribution in [2.24, 2.45) is 11.3 Å². The second-order valence-corrected chi connectivity index (χ2v) is 5.81. The first kappa shape index (κ1) is 14.3. The number of carboxylic acid groups (broad SMARTS) is 1. The van der Waals surface area contributed by atoms with E-state index in [1.165, 1.54) is 12.3 Å². The first-order valence-electron chi connectivity index (χ1n) is 6.58. The maximum Gasteiger partial charge on any atom is 0.354 e. The molecule has 1 aliphatic carbocycles. The summed E-state index contributed by atoms with van der Waals surface area (Å²) in [7, 11) is 0. The zero-order valence-corrected chi connectivity index (χ0v) is 11.6. The number of hydrogen-bond acceptors (Lipinski definition) is 3. The Balaban J connectivity index is 1.71. The van der Waals surface area contributed by atoms with Crippen LogP contribution in [-0.4, -0.2) is 28.6 Å². The minimum absolute atomic E-state index is 0.00540. The third-order valence-corrected chi connectivity index (χ3v) is 3.72. The van der Waals surface area contributed by atoms with Gasteiger partial charge in [-0.1, -0.05) is 19.9 Å². The van der Waals surface area contributed by atoms with E-state index in [0.717, 1.165) is 12.0 Å². The molecule has 108 valence electrons. The fraction of sp³-hybridized carbons (Fsp3) is 0.500. The molecule has 6 heteroatoms. The van der Waals surface area contributed by atoms with E-state index < -0.39 is 5.97 Å². The number of nitrogens with zero attached hydrogens (tertiary/aromatic N) is 1. The number of aromatic nitrogens is 1. The smallest absolute Gasteiger partial charge is 0.354 e. The van der Waals surface area contributed by atoms with Crippen molar-refractivity contribution in [3.63, 3.8) is 0 Å². The summed E-state index contributed by atoms with van der Waals surface area (Å²) in [6.45, 7) is 5.39. The van der Waals surface area contributed by atoms with Crippen LogP contribution in [0.25, 0.3) is 0 Å². The Bertz CT molecular complexity index is 511. The van der Waals surface area contributed by atoms with Crippen molar-refractivity contribution in [3.05, 3.63) is 29.6 Å². The standard InChI is InChI=1S/C14H19N3O3/c1-14(2)5-10(14)8-17-13(20)16-7-9-3-4-11(12(18)19)15-6-9/h3-4,6,10H,5,7-8H2,1-2H3,(H,18,19)(H2,16,17,20). The first-order chi connectivity index (χ1) is 9.38. The molecule has 0 spiro atoms. The van der Waals surface area contributed by atoms with Crippen LogP contribution in [0.5, 0.6) is 0 Å². The molecule has 2 rings (SSSR count). The van der Waals surface area contributed by atoms with Gasteiger partial charge in [0.05, 0.1) is 0 Å². The highest BCUT2D eigenvalue weighted by atomic mass is 16.4. The van der Waals surface area contributed by atoms with E-state index in [-0.39, 0.29) is 11.7 Å². The Morgan fingerprint density at radius 3 is 2.60 bits per heavy atom. The van der Waals surface area contributed by atoms with Crippen LogP contribution in [0.2, 0.25) is 0 Å². The van der Waals surface area contributed by atoms with Gasteiger partial charge in [-0.2, -0.15) is 0 Å². The Labute approximate surface area is 117 Å². The number of carboxylic acids is 1. The van der Waals surface area contributed by atoms with Crippen molar-refractivity contribution in [1.29, 1.82) is 0 Å². The van der Waals surface area contributed by atoms with E-state index in [4.69, 9.17) is 5.11 Å². The fourth-order valence-corrected chi connectivity index (χ4v) is 2.04. The third-order valence-electron chi connectivity index (χ3n) is 3.72. The highest BCUT2D eigenvalue weighted by Gasteiger charge is 2.45. The second kappa shape index (κ2) is 5.48. The molecule has 0 saturated heterocycles. The molecule has 1 saturated carbocycles. The van der Waals surface area contributed by atoms with E-state index in [1.807, 2.05) is 0 Å². The molecular formula is C14H19N3O3. The lowest BCUT2D eigenvalue weighted by Gasteiger charge is -2.08. The predicted octanol–water partition coefficient (Wildman–Crippen LogP) is 1.63. The molecule has 0 radical (unpaired) electrons. The normalized spacial score (nSPS) is 19.2. The zero-order chi connectivity index (χ0) is 14.8. The molecule has 3 N–H and O–H groups in total. The molecule has 0 aliphatic heterocycles. The van der Waals surface area contributed by atoms with E-state index >= 15 is 0 Å². The Morgan fingerprint density at radius 1 is 1.40 bits per heavy atom. The van der Waals surface area contributed by atoms with E-state index in [2.05, 4.69) is 29.5 Å². The van der Waals surface area contributed by atoms with Crippen LogP contribution in [-0.2, 0) is 6.54 Å². The molecule has 1 heterocycles. The number of carbonyl (C=O) groups excluding carboxylic acids is 1. The van der Waals surface area contributed by atoms with E-state index in [1.54, 1.807) is 6.07 Å². The molecule has 1 atom stereocenters. The van der Waals surface area contributed by atoms with Crippen LogP contribution in [0, 0.1) is 11.3 Å². The SMILES string of the molecule is CC1(C)CC1CNC(=O)NCc1ccc(C(=O)O)nc1. The molecule has 1 fully saturated rings. The van der Waals surface area contributed by atoms with Crippen LogP contribution in [0.3, 0.4) is 0 Å². The maximum atomic E-state index is 11.6. The van der Waals surface area contributed by atoms with Crippen LogP contribution in [0.1, 0.15) is 36.3 Å². The van der Waals surface area contributed by atoms with Crippen molar-refractivity contribution < 1.29 is 14.7 Å². The van der Waals surface area contributed by atoms with Crippen molar-refractivity contribution >= 4 is 12.0 Å². The molecular weight excluding hydrogens is 258 g/mol. The molecule has 20 heavy (non-hydrogen) atoms. The third kappa shape index (κ3) is 3.69. The maximum absolute atomic E-state index is 11.6. The van der Waals surface area contributed by atoms with Gasteiger partial charge < -0.3 is 15.7 Å². The number of carbonyl (C=O) groups is 2. The fourth-order valence-electron chi connectivity index (χ4n) is 2.04. The van der Waals surface area contributed by atoms with Gasteiger partial charge in [-0.05, 0) is 29.4 Å². The highest BCUT2D eigenvalue weighted by molar-refractivity contribution is 5.85. The lowest BCUT2D eigenvalue weighted by atomic mass is 10.1. The predicted molar refractivity (Wildman–Crippen MR) is 73.3 cm³/mol. The number of pyridine rings is 1. The molecule has 0 bridgehead atoms. The average molecular weight is 277 g/mol. The van der Waals surface area contributed by atoms with Crippen LogP contribution < -0.4 is 10.6 Å². The topological polar surface area (TPSA) is 91.3 Å². The summed E-state index contributed by atoms with van der Waals surface area (Å²) < 4.78 is 0. The van der Waals surface area contributed by atoms with Crippen molar-refractivity contribution in [3.8, 4) is 0 Å². The van der Waals surface area contributed by atoms with Gasteiger partial charge in [-0.3, -0.25) is 0 Å². The van der Waals surface area contributed by atoms with Gasteiger partial charge >= 0.3 is 12.0 Å². The van der Waals surface area contributed by atoms with Gasteiger partial charge in [0.2, 0.25) is 0 Å². The number of amides is 2. The zero-order valence-electron chi connectivity index (χ0n) is 11.6. The van der Waals surface area contributed by atoms with Gasteiger partial charge in [0.15, 0.2) is 0 Å². The van der Waals surface area contributed by atoms with Crippen molar-refractivity contribution in [2.45, 2.75) is 26.8 Å². The van der Waals surface area contributed by atoms with Crippen LogP contribution >= 0.6 is 0 Å². The van der Waals surface area contributed by atoms with E-state index in [0.29, 0.717) is 24.4 Å². The molecule has 1 aromatic rings. The minimum Gasteiger partial charge on any atom is -0.477 e. The summed E-state index contributed by atoms with van der Waals surface area (Å²) in [5.41, 5.74) is 1.11. The van der Waals surface area contributed by atoms with Gasteiger partial charge in [-0.15, -0.1) is 0 Å². The number of hydrogen-bond donors (Lipinski definition) is 3. The Kier molecular flexibility index (Phi) is 3.92. The molecule has 1 aromatic heterocycles. The molecule has 1 aliphatic rings. The number of urea groups is 1. The summed E-state index contributed by atoms with van der Waals surface area (Å²) in [5, 5.41) is 14.3. The number of nitrogens with one attached hydrogen (secondary N) is 2. The van der Waals surface area contributed by atoms with Gasteiger partial charge in [0.1, 0.15) is 5.69 Å². The number of rotatable bonds is 5. The highest BCUT2D eigenvalue weighted by Crippen LogP contribution is 2.50. The largest absolute Gasteiger partial charge is 0.477 e. The lowest BCUT2D eigenvalue weighted by Crippen LogP contribution is -2.36. The summed E-state index contributed by atoms with van der Waals surface area (Å²) in [5.74, 6) is -0.501. The van der Waals surface area contributed by atoms with Crippen molar-refractivity contribution in [2.75, 3.05) is 6.54 Å². The van der Waals surface area contributed by atoms with Gasteiger partial charge in [-0.25, -0.2) is 14.6 Å². The molecule has 2 amide bonds. The summed E-state index contributed by atoms with van der Waals surface area (Å²) in [4.78, 5) is 26.0. The van der Waals surface area contributed by atoms with Gasteiger partial charge in [0.25, 0.3) is 0 Å². The summed E-state index contributed by atoms with van der Waals surface area (Å²) in [6.07, 6.45) is 2.60. The summed E-state index contributed by atoms with van der Waals surface area (Å²) >= 11 is 0. The molecule has 0 aromatic carbocycles. The van der Waals surface area contributed by atoms with E-state index in [9.17, 15) is 9.59 Å². The van der Waals surface area contributed by atoms with Crippen LogP contribution in [0.15, 0.2) is 18.3 Å². The molecule has 6 nitrogen and oxygen atoms in total. The summed E-state index contributed by atoms with van der Waals surface area (Å²) in [6, 6.07) is 2.85.